The first-order chi connectivity index (χ1) is 12.6. The van der Waals surface area contributed by atoms with E-state index in [2.05, 4.69) is 5.10 Å². The van der Waals surface area contributed by atoms with E-state index in [4.69, 9.17) is 16.3 Å². The number of ether oxygens (including phenoxy) is 1. The monoisotopic (exact) mass is 388 g/mol. The third-order valence-corrected chi connectivity index (χ3v) is 4.65. The molecule has 144 valence electrons. The molecule has 5 nitrogen and oxygen atoms in total. The van der Waals surface area contributed by atoms with Crippen LogP contribution in [0.2, 0.25) is 5.02 Å². The van der Waals surface area contributed by atoms with Crippen LogP contribution >= 0.6 is 11.6 Å². The zero-order chi connectivity index (χ0) is 20.2. The van der Waals surface area contributed by atoms with Crippen LogP contribution in [0, 0.1) is 19.3 Å². The van der Waals surface area contributed by atoms with Crippen LogP contribution in [0.1, 0.15) is 43.3 Å². The minimum Gasteiger partial charge on any atom is -0.455 e. The Labute approximate surface area is 165 Å². The summed E-state index contributed by atoms with van der Waals surface area (Å²) in [6.45, 7) is 9.51. The summed E-state index contributed by atoms with van der Waals surface area (Å²) in [4.78, 5) is 23.7. The van der Waals surface area contributed by atoms with E-state index >= 15 is 0 Å². The quantitative estimate of drug-likeness (QED) is 0.544. The van der Waals surface area contributed by atoms with E-state index in [-0.39, 0.29) is 12.4 Å². The predicted molar refractivity (Wildman–Crippen MR) is 107 cm³/mol. The third-order valence-electron chi connectivity index (χ3n) is 4.28. The molecule has 0 spiro atoms. The molecule has 0 aliphatic carbocycles. The molecular formula is C21H25ClN2O3. The molecule has 1 aromatic heterocycles. The Hall–Kier alpha value is -2.40. The van der Waals surface area contributed by atoms with Crippen molar-refractivity contribution in [2.45, 2.75) is 41.2 Å². The summed E-state index contributed by atoms with van der Waals surface area (Å²) in [6.07, 6.45) is 3.00. The summed E-state index contributed by atoms with van der Waals surface area (Å²) >= 11 is 6.22. The molecule has 0 radical (unpaired) electrons. The Morgan fingerprint density at radius 1 is 1.22 bits per heavy atom. The fraction of sp³-hybridized carbons (Fsp3) is 0.381. The highest BCUT2D eigenvalue weighted by Crippen LogP contribution is 2.20. The number of hydrogen-bond acceptors (Lipinski definition) is 4. The smallest absolute Gasteiger partial charge is 0.331 e. The summed E-state index contributed by atoms with van der Waals surface area (Å²) in [7, 11) is 0. The van der Waals surface area contributed by atoms with Crippen LogP contribution in [0.5, 0.6) is 0 Å². The number of carbonyl (C=O) groups is 2. The molecule has 27 heavy (non-hydrogen) atoms. The van der Waals surface area contributed by atoms with Gasteiger partial charge in [-0.3, -0.25) is 9.48 Å². The maximum Gasteiger partial charge on any atom is 0.331 e. The molecule has 2 rings (SSSR count). The first-order valence-electron chi connectivity index (χ1n) is 8.75. The fourth-order valence-corrected chi connectivity index (χ4v) is 2.64. The molecule has 0 saturated carbocycles. The number of aromatic nitrogens is 2. The third kappa shape index (κ3) is 5.54. The van der Waals surface area contributed by atoms with Gasteiger partial charge in [-0.1, -0.05) is 50.6 Å². The number of hydrogen-bond donors (Lipinski definition) is 0. The van der Waals surface area contributed by atoms with Crippen LogP contribution in [0.3, 0.4) is 0 Å². The number of ketones is 1. The van der Waals surface area contributed by atoms with Crippen LogP contribution in [-0.2, 0) is 20.9 Å². The summed E-state index contributed by atoms with van der Waals surface area (Å²) in [5.41, 5.74) is 3.01. The number of benzene rings is 1. The van der Waals surface area contributed by atoms with Crippen molar-refractivity contribution in [3.05, 3.63) is 57.9 Å². The topological polar surface area (TPSA) is 61.2 Å². The van der Waals surface area contributed by atoms with Crippen molar-refractivity contribution in [1.29, 1.82) is 0 Å². The zero-order valence-corrected chi connectivity index (χ0v) is 17.1. The second kappa shape index (κ2) is 8.53. The molecular weight excluding hydrogens is 364 g/mol. The Kier molecular flexibility index (Phi) is 6.60. The van der Waals surface area contributed by atoms with Gasteiger partial charge in [0, 0.05) is 27.8 Å². The number of Topliss-reactive ketones (excluding diaryl/α,β-unsaturated/α-hetero) is 1. The summed E-state index contributed by atoms with van der Waals surface area (Å²) in [6, 6.07) is 7.62. The lowest BCUT2D eigenvalue weighted by atomic mass is 9.91. The average molecular weight is 389 g/mol. The second-order valence-corrected chi connectivity index (χ2v) is 7.85. The van der Waals surface area contributed by atoms with Crippen molar-refractivity contribution < 1.29 is 14.3 Å². The number of carbonyl (C=O) groups excluding carboxylic acids is 2. The molecule has 1 heterocycles. The average Bonchev–Trinajstić information content (AvgIpc) is 2.85. The van der Waals surface area contributed by atoms with Gasteiger partial charge in [0.15, 0.2) is 12.4 Å². The van der Waals surface area contributed by atoms with Crippen molar-refractivity contribution in [3.8, 4) is 0 Å². The van der Waals surface area contributed by atoms with Gasteiger partial charge in [-0.25, -0.2) is 4.79 Å². The van der Waals surface area contributed by atoms with Gasteiger partial charge < -0.3 is 4.74 Å². The van der Waals surface area contributed by atoms with Gasteiger partial charge in [-0.15, -0.1) is 0 Å². The predicted octanol–water partition coefficient (Wildman–Crippen LogP) is 4.37. The molecule has 6 heteroatoms. The van der Waals surface area contributed by atoms with Crippen LogP contribution in [-0.4, -0.2) is 28.1 Å². The number of nitrogens with zero attached hydrogens (tertiary/aromatic N) is 2. The molecule has 0 atom stereocenters. The summed E-state index contributed by atoms with van der Waals surface area (Å²) < 4.78 is 6.88. The lowest BCUT2D eigenvalue weighted by molar-refractivity contribution is -0.145. The molecule has 0 fully saturated rings. The number of halogens is 1. The Morgan fingerprint density at radius 2 is 1.89 bits per heavy atom. The largest absolute Gasteiger partial charge is 0.455 e. The number of rotatable bonds is 6. The van der Waals surface area contributed by atoms with E-state index < -0.39 is 11.4 Å². The minimum absolute atomic E-state index is 0.121. The lowest BCUT2D eigenvalue weighted by Crippen LogP contribution is -2.25. The second-order valence-electron chi connectivity index (χ2n) is 7.45. The van der Waals surface area contributed by atoms with Crippen LogP contribution in [0.4, 0.5) is 0 Å². The Morgan fingerprint density at radius 3 is 2.52 bits per heavy atom. The van der Waals surface area contributed by atoms with Crippen molar-refractivity contribution in [2.75, 3.05) is 6.61 Å². The van der Waals surface area contributed by atoms with Gasteiger partial charge in [0.05, 0.1) is 12.2 Å². The molecule has 0 bridgehead atoms. The highest BCUT2D eigenvalue weighted by atomic mass is 35.5. The van der Waals surface area contributed by atoms with E-state index in [0.29, 0.717) is 11.6 Å². The lowest BCUT2D eigenvalue weighted by Gasteiger charge is -2.15. The zero-order valence-electron chi connectivity index (χ0n) is 16.4. The van der Waals surface area contributed by atoms with E-state index in [1.165, 1.54) is 6.08 Å². The first-order valence-corrected chi connectivity index (χ1v) is 9.13. The highest BCUT2D eigenvalue weighted by molar-refractivity contribution is 6.31. The van der Waals surface area contributed by atoms with Crippen LogP contribution in [0.15, 0.2) is 30.3 Å². The van der Waals surface area contributed by atoms with Crippen molar-refractivity contribution in [1.82, 2.24) is 9.78 Å². The molecule has 0 unspecified atom stereocenters. The van der Waals surface area contributed by atoms with Crippen molar-refractivity contribution >= 4 is 29.4 Å². The van der Waals surface area contributed by atoms with E-state index in [1.807, 2.05) is 42.8 Å². The van der Waals surface area contributed by atoms with Gasteiger partial charge in [0.2, 0.25) is 0 Å². The standard InChI is InChI=1S/C21H25ClN2O3/c1-14-17(10-11-20(26)27-13-19(25)21(3,4)5)15(2)24(23-14)12-16-8-6-7-9-18(16)22/h6-11H,12-13H2,1-5H3. The van der Waals surface area contributed by atoms with Gasteiger partial charge in [0.1, 0.15) is 0 Å². The SMILES string of the molecule is Cc1nn(Cc2ccccc2Cl)c(C)c1C=CC(=O)OCC(=O)C(C)(C)C. The molecule has 0 saturated heterocycles. The minimum atomic E-state index is -0.551. The normalized spacial score (nSPS) is 11.8. The van der Waals surface area contributed by atoms with Gasteiger partial charge in [-0.2, -0.15) is 5.10 Å². The molecule has 0 aliphatic heterocycles. The Balaban J connectivity index is 2.08. The molecule has 0 N–H and O–H groups in total. The Bertz CT molecular complexity index is 876. The first kappa shape index (κ1) is 20.9. The molecule has 2 aromatic rings. The van der Waals surface area contributed by atoms with E-state index in [0.717, 1.165) is 22.5 Å². The maximum absolute atomic E-state index is 11.9. The van der Waals surface area contributed by atoms with E-state index in [1.54, 1.807) is 26.8 Å². The van der Waals surface area contributed by atoms with E-state index in [9.17, 15) is 9.59 Å². The molecule has 0 amide bonds. The maximum atomic E-state index is 11.9. The molecule has 0 aliphatic rings. The van der Waals surface area contributed by atoms with Crippen LogP contribution in [0.25, 0.3) is 6.08 Å². The van der Waals surface area contributed by atoms with Crippen molar-refractivity contribution in [2.24, 2.45) is 5.41 Å². The fourth-order valence-electron chi connectivity index (χ4n) is 2.45. The number of esters is 1. The summed E-state index contributed by atoms with van der Waals surface area (Å²) in [5, 5.41) is 5.22. The van der Waals surface area contributed by atoms with Crippen LogP contribution < -0.4 is 0 Å². The van der Waals surface area contributed by atoms with Crippen molar-refractivity contribution in [3.63, 3.8) is 0 Å². The summed E-state index contributed by atoms with van der Waals surface area (Å²) in [5.74, 6) is -0.672. The van der Waals surface area contributed by atoms with Gasteiger partial charge >= 0.3 is 5.97 Å². The van der Waals surface area contributed by atoms with Gasteiger partial charge in [-0.05, 0) is 31.6 Å². The van der Waals surface area contributed by atoms with Gasteiger partial charge in [0.25, 0.3) is 0 Å². The number of aryl methyl sites for hydroxylation is 1. The highest BCUT2D eigenvalue weighted by Gasteiger charge is 2.22. The molecule has 1 aromatic carbocycles.